The Bertz CT molecular complexity index is 538. The van der Waals surface area contributed by atoms with E-state index in [2.05, 4.69) is 5.32 Å². The van der Waals surface area contributed by atoms with E-state index in [1.54, 1.807) is 12.1 Å². The van der Waals surface area contributed by atoms with Gasteiger partial charge in [0.1, 0.15) is 5.82 Å². The first-order valence-corrected chi connectivity index (χ1v) is 6.00. The Labute approximate surface area is 107 Å². The Kier molecular flexibility index (Phi) is 3.82. The fourth-order valence-electron chi connectivity index (χ4n) is 1.79. The Hall–Kier alpha value is -2.03. The average molecular weight is 244 g/mol. The Morgan fingerprint density at radius 3 is 2.67 bits per heavy atom. The molecule has 0 bridgehead atoms. The van der Waals surface area contributed by atoms with Crippen molar-refractivity contribution in [2.75, 3.05) is 17.6 Å². The number of anilines is 2. The van der Waals surface area contributed by atoms with Gasteiger partial charge in [-0.2, -0.15) is 0 Å². The van der Waals surface area contributed by atoms with Crippen molar-refractivity contribution in [2.24, 2.45) is 0 Å². The number of rotatable bonds is 4. The van der Waals surface area contributed by atoms with Gasteiger partial charge in [0.05, 0.1) is 0 Å². The molecule has 0 saturated carbocycles. The van der Waals surface area contributed by atoms with Crippen LogP contribution >= 0.6 is 0 Å². The van der Waals surface area contributed by atoms with Crippen LogP contribution in [0, 0.1) is 12.7 Å². The molecule has 2 aromatic rings. The van der Waals surface area contributed by atoms with Gasteiger partial charge in [0.2, 0.25) is 0 Å². The van der Waals surface area contributed by atoms with E-state index in [0.29, 0.717) is 13.0 Å². The summed E-state index contributed by atoms with van der Waals surface area (Å²) in [5.41, 5.74) is 9.36. The van der Waals surface area contributed by atoms with Gasteiger partial charge in [0.15, 0.2) is 0 Å². The first kappa shape index (κ1) is 12.4. The molecule has 3 N–H and O–H groups in total. The average Bonchev–Trinajstić information content (AvgIpc) is 2.36. The van der Waals surface area contributed by atoms with Crippen molar-refractivity contribution in [1.29, 1.82) is 0 Å². The van der Waals surface area contributed by atoms with Crippen LogP contribution in [0.1, 0.15) is 11.1 Å². The lowest BCUT2D eigenvalue weighted by Crippen LogP contribution is -2.06. The highest BCUT2D eigenvalue weighted by Gasteiger charge is 2.00. The minimum atomic E-state index is -0.150. The summed E-state index contributed by atoms with van der Waals surface area (Å²) in [6.07, 6.45) is 0.653. The molecule has 0 unspecified atom stereocenters. The van der Waals surface area contributed by atoms with Gasteiger partial charge in [-0.1, -0.05) is 24.3 Å². The fraction of sp³-hybridized carbons (Fsp3) is 0.200. The SMILES string of the molecule is Cc1ccc(NCCc2ccccc2F)cc1N. The van der Waals surface area contributed by atoms with Gasteiger partial charge in [-0.15, -0.1) is 0 Å². The monoisotopic (exact) mass is 244 g/mol. The molecule has 0 aliphatic carbocycles. The molecule has 2 rings (SSSR count). The van der Waals surface area contributed by atoms with Gasteiger partial charge in [0, 0.05) is 17.9 Å². The molecule has 0 heterocycles. The molecule has 0 saturated heterocycles. The second-order valence-corrected chi connectivity index (χ2v) is 4.34. The Morgan fingerprint density at radius 2 is 1.94 bits per heavy atom. The van der Waals surface area contributed by atoms with Crippen LogP contribution in [0.3, 0.4) is 0 Å². The van der Waals surface area contributed by atoms with E-state index in [1.165, 1.54) is 6.07 Å². The fourth-order valence-corrected chi connectivity index (χ4v) is 1.79. The van der Waals surface area contributed by atoms with Crippen LogP contribution in [0.5, 0.6) is 0 Å². The summed E-state index contributed by atoms with van der Waals surface area (Å²) >= 11 is 0. The summed E-state index contributed by atoms with van der Waals surface area (Å²) in [6.45, 7) is 2.65. The van der Waals surface area contributed by atoms with Crippen LogP contribution < -0.4 is 11.1 Å². The van der Waals surface area contributed by atoms with Gasteiger partial charge >= 0.3 is 0 Å². The topological polar surface area (TPSA) is 38.0 Å². The smallest absolute Gasteiger partial charge is 0.126 e. The van der Waals surface area contributed by atoms with Gasteiger partial charge in [-0.3, -0.25) is 0 Å². The third kappa shape index (κ3) is 3.00. The van der Waals surface area contributed by atoms with Crippen LogP contribution in [0.15, 0.2) is 42.5 Å². The molecule has 0 atom stereocenters. The number of nitrogens with two attached hydrogens (primary N) is 1. The molecular weight excluding hydrogens is 227 g/mol. The van der Waals surface area contributed by atoms with Crippen molar-refractivity contribution in [3.8, 4) is 0 Å². The molecule has 0 aliphatic heterocycles. The highest BCUT2D eigenvalue weighted by Crippen LogP contribution is 2.17. The summed E-state index contributed by atoms with van der Waals surface area (Å²) in [5, 5.41) is 3.24. The van der Waals surface area contributed by atoms with E-state index < -0.39 is 0 Å². The van der Waals surface area contributed by atoms with E-state index >= 15 is 0 Å². The minimum absolute atomic E-state index is 0.150. The molecule has 2 nitrogen and oxygen atoms in total. The lowest BCUT2D eigenvalue weighted by Gasteiger charge is -2.09. The summed E-state index contributed by atoms with van der Waals surface area (Å²) in [6, 6.07) is 12.7. The molecule has 0 amide bonds. The zero-order chi connectivity index (χ0) is 13.0. The number of hydrogen-bond donors (Lipinski definition) is 2. The number of benzene rings is 2. The number of nitrogens with one attached hydrogen (secondary N) is 1. The molecule has 0 aromatic heterocycles. The second kappa shape index (κ2) is 5.54. The molecule has 0 fully saturated rings. The van der Waals surface area contributed by atoms with Crippen LogP contribution in [0.25, 0.3) is 0 Å². The second-order valence-electron chi connectivity index (χ2n) is 4.34. The molecule has 0 radical (unpaired) electrons. The quantitative estimate of drug-likeness (QED) is 0.809. The van der Waals surface area contributed by atoms with E-state index in [9.17, 15) is 4.39 Å². The number of nitrogen functional groups attached to an aromatic ring is 1. The van der Waals surface area contributed by atoms with E-state index in [1.807, 2.05) is 31.2 Å². The number of aryl methyl sites for hydroxylation is 1. The molecular formula is C15H17FN2. The zero-order valence-corrected chi connectivity index (χ0v) is 10.4. The first-order valence-electron chi connectivity index (χ1n) is 6.00. The van der Waals surface area contributed by atoms with E-state index in [0.717, 1.165) is 22.5 Å². The predicted molar refractivity (Wildman–Crippen MR) is 74.2 cm³/mol. The lowest BCUT2D eigenvalue weighted by atomic mass is 10.1. The van der Waals surface area contributed by atoms with Crippen LogP contribution in [-0.4, -0.2) is 6.54 Å². The van der Waals surface area contributed by atoms with Crippen molar-refractivity contribution >= 4 is 11.4 Å². The molecule has 3 heteroatoms. The predicted octanol–water partition coefficient (Wildman–Crippen LogP) is 3.37. The van der Waals surface area contributed by atoms with E-state index in [4.69, 9.17) is 5.73 Å². The molecule has 18 heavy (non-hydrogen) atoms. The number of halogens is 1. The number of hydrogen-bond acceptors (Lipinski definition) is 2. The third-order valence-corrected chi connectivity index (χ3v) is 2.96. The van der Waals surface area contributed by atoms with Gasteiger partial charge < -0.3 is 11.1 Å². The normalized spacial score (nSPS) is 10.3. The lowest BCUT2D eigenvalue weighted by molar-refractivity contribution is 0.610. The van der Waals surface area contributed by atoms with Crippen molar-refractivity contribution in [2.45, 2.75) is 13.3 Å². The molecule has 94 valence electrons. The summed E-state index contributed by atoms with van der Waals surface area (Å²) in [7, 11) is 0. The third-order valence-electron chi connectivity index (χ3n) is 2.96. The van der Waals surface area contributed by atoms with Gasteiger partial charge in [-0.25, -0.2) is 4.39 Å². The molecule has 0 spiro atoms. The molecule has 2 aromatic carbocycles. The van der Waals surface area contributed by atoms with Crippen molar-refractivity contribution in [1.82, 2.24) is 0 Å². The summed E-state index contributed by atoms with van der Waals surface area (Å²) in [5.74, 6) is -0.150. The maximum Gasteiger partial charge on any atom is 0.126 e. The van der Waals surface area contributed by atoms with Crippen molar-refractivity contribution in [3.05, 3.63) is 59.4 Å². The standard InChI is InChI=1S/C15H17FN2/c1-11-6-7-13(10-15(11)17)18-9-8-12-4-2-3-5-14(12)16/h2-7,10,18H,8-9,17H2,1H3. The van der Waals surface area contributed by atoms with Crippen molar-refractivity contribution < 1.29 is 4.39 Å². The Morgan fingerprint density at radius 1 is 1.17 bits per heavy atom. The van der Waals surface area contributed by atoms with Crippen LogP contribution in [0.2, 0.25) is 0 Å². The first-order chi connectivity index (χ1) is 8.66. The highest BCUT2D eigenvalue weighted by molar-refractivity contribution is 5.58. The maximum absolute atomic E-state index is 13.4. The highest BCUT2D eigenvalue weighted by atomic mass is 19.1. The summed E-state index contributed by atoms with van der Waals surface area (Å²) in [4.78, 5) is 0. The van der Waals surface area contributed by atoms with E-state index in [-0.39, 0.29) is 5.82 Å². The zero-order valence-electron chi connectivity index (χ0n) is 10.4. The van der Waals surface area contributed by atoms with Crippen LogP contribution in [-0.2, 0) is 6.42 Å². The van der Waals surface area contributed by atoms with Crippen molar-refractivity contribution in [3.63, 3.8) is 0 Å². The van der Waals surface area contributed by atoms with Crippen LogP contribution in [0.4, 0.5) is 15.8 Å². The largest absolute Gasteiger partial charge is 0.398 e. The summed E-state index contributed by atoms with van der Waals surface area (Å²) < 4.78 is 13.4. The van der Waals surface area contributed by atoms with Gasteiger partial charge in [-0.05, 0) is 42.7 Å². The molecule has 0 aliphatic rings. The Balaban J connectivity index is 1.92. The van der Waals surface area contributed by atoms with Gasteiger partial charge in [0.25, 0.3) is 0 Å². The minimum Gasteiger partial charge on any atom is -0.398 e. The maximum atomic E-state index is 13.4.